The maximum Gasteiger partial charge on any atom is 0.251 e. The lowest BCUT2D eigenvalue weighted by Crippen LogP contribution is -2.22. The molecule has 9 heteroatoms. The maximum absolute atomic E-state index is 12.5. The normalized spacial score (nSPS) is 11.7. The smallest absolute Gasteiger partial charge is 0.251 e. The van der Waals surface area contributed by atoms with E-state index in [0.717, 1.165) is 33.9 Å². The summed E-state index contributed by atoms with van der Waals surface area (Å²) in [5.41, 5.74) is 3.14. The Hall–Kier alpha value is -3.01. The van der Waals surface area contributed by atoms with Crippen LogP contribution >= 0.6 is 11.3 Å². The van der Waals surface area contributed by atoms with Gasteiger partial charge in [0.1, 0.15) is 10.0 Å². The molecule has 0 bridgehead atoms. The SMILES string of the molecule is Cc1nc2cc(C(=O)NCc3ccc(S(N)(=O)=O)s3)ccc2n1-c1ccccc1. The van der Waals surface area contributed by atoms with Crippen molar-refractivity contribution in [2.45, 2.75) is 17.7 Å². The van der Waals surface area contributed by atoms with E-state index in [1.807, 2.05) is 47.9 Å². The second-order valence-corrected chi connectivity index (χ2v) is 9.44. The molecule has 0 atom stereocenters. The van der Waals surface area contributed by atoms with Gasteiger partial charge in [-0.1, -0.05) is 18.2 Å². The van der Waals surface area contributed by atoms with Gasteiger partial charge in [0.2, 0.25) is 10.0 Å². The number of carbonyl (C=O) groups excluding carboxylic acids is 1. The van der Waals surface area contributed by atoms with Crippen molar-refractivity contribution in [2.24, 2.45) is 5.14 Å². The number of sulfonamides is 1. The molecule has 0 aliphatic carbocycles. The number of nitrogens with zero attached hydrogens (tertiary/aromatic N) is 2. The first kappa shape index (κ1) is 19.3. The minimum Gasteiger partial charge on any atom is -0.347 e. The molecular weight excluding hydrogens is 408 g/mol. The lowest BCUT2D eigenvalue weighted by atomic mass is 10.2. The summed E-state index contributed by atoms with van der Waals surface area (Å²) in [6.45, 7) is 2.14. The van der Waals surface area contributed by atoms with Gasteiger partial charge in [-0.3, -0.25) is 9.36 Å². The van der Waals surface area contributed by atoms with Crippen LogP contribution < -0.4 is 10.5 Å². The van der Waals surface area contributed by atoms with Crippen LogP contribution in [0.5, 0.6) is 0 Å². The van der Waals surface area contributed by atoms with Crippen LogP contribution in [0.1, 0.15) is 21.1 Å². The number of thiophene rings is 1. The van der Waals surface area contributed by atoms with E-state index in [9.17, 15) is 13.2 Å². The summed E-state index contributed by atoms with van der Waals surface area (Å²) in [5, 5.41) is 7.91. The van der Waals surface area contributed by atoms with Crippen LogP contribution in [0.4, 0.5) is 0 Å². The van der Waals surface area contributed by atoms with Gasteiger partial charge in [0.15, 0.2) is 0 Å². The zero-order valence-corrected chi connectivity index (χ0v) is 17.1. The number of amides is 1. The van der Waals surface area contributed by atoms with Crippen LogP contribution in [0.2, 0.25) is 0 Å². The predicted molar refractivity (Wildman–Crippen MR) is 113 cm³/mol. The molecule has 148 valence electrons. The monoisotopic (exact) mass is 426 g/mol. The number of imidazole rings is 1. The highest BCUT2D eigenvalue weighted by molar-refractivity contribution is 7.91. The Labute approximate surface area is 171 Å². The molecule has 0 aliphatic rings. The molecule has 0 radical (unpaired) electrons. The number of nitrogens with two attached hydrogens (primary N) is 1. The number of hydrogen-bond acceptors (Lipinski definition) is 5. The second kappa shape index (κ2) is 7.43. The first-order valence-electron chi connectivity index (χ1n) is 8.77. The zero-order valence-electron chi connectivity index (χ0n) is 15.5. The van der Waals surface area contributed by atoms with Gasteiger partial charge >= 0.3 is 0 Å². The number of para-hydroxylation sites is 1. The molecule has 0 unspecified atom stereocenters. The first-order valence-corrected chi connectivity index (χ1v) is 11.1. The van der Waals surface area contributed by atoms with Crippen LogP contribution in [0.25, 0.3) is 16.7 Å². The summed E-state index contributed by atoms with van der Waals surface area (Å²) < 4.78 is 24.8. The van der Waals surface area contributed by atoms with Gasteiger partial charge in [-0.25, -0.2) is 18.5 Å². The average molecular weight is 427 g/mol. The Morgan fingerprint density at radius 2 is 1.90 bits per heavy atom. The summed E-state index contributed by atoms with van der Waals surface area (Å²) >= 11 is 1.04. The van der Waals surface area contributed by atoms with Crippen LogP contribution in [0.3, 0.4) is 0 Å². The van der Waals surface area contributed by atoms with Gasteiger partial charge in [-0.05, 0) is 49.4 Å². The molecule has 4 rings (SSSR count). The third kappa shape index (κ3) is 3.93. The van der Waals surface area contributed by atoms with E-state index in [0.29, 0.717) is 10.4 Å². The van der Waals surface area contributed by atoms with E-state index in [2.05, 4.69) is 10.3 Å². The second-order valence-electron chi connectivity index (χ2n) is 6.48. The summed E-state index contributed by atoms with van der Waals surface area (Å²) in [4.78, 5) is 17.8. The van der Waals surface area contributed by atoms with Crippen molar-refractivity contribution in [3.05, 3.63) is 76.9 Å². The van der Waals surface area contributed by atoms with Crippen molar-refractivity contribution in [3.63, 3.8) is 0 Å². The van der Waals surface area contributed by atoms with Crippen molar-refractivity contribution >= 4 is 38.3 Å². The number of nitrogens with one attached hydrogen (secondary N) is 1. The van der Waals surface area contributed by atoms with Gasteiger partial charge in [-0.2, -0.15) is 0 Å². The van der Waals surface area contributed by atoms with E-state index in [4.69, 9.17) is 5.14 Å². The number of fused-ring (bicyclic) bond motifs is 1. The predicted octanol–water partition coefficient (Wildman–Crippen LogP) is 2.97. The van der Waals surface area contributed by atoms with Crippen LogP contribution in [-0.4, -0.2) is 23.9 Å². The Balaban J connectivity index is 1.55. The number of benzene rings is 2. The minimum atomic E-state index is -3.73. The average Bonchev–Trinajstić information content (AvgIpc) is 3.29. The highest BCUT2D eigenvalue weighted by atomic mass is 32.2. The topological polar surface area (TPSA) is 107 Å². The Morgan fingerprint density at radius 1 is 1.14 bits per heavy atom. The van der Waals surface area contributed by atoms with E-state index < -0.39 is 10.0 Å². The van der Waals surface area contributed by atoms with Gasteiger partial charge in [0.25, 0.3) is 5.91 Å². The molecule has 7 nitrogen and oxygen atoms in total. The Bertz CT molecular complexity index is 1310. The molecular formula is C20H18N4O3S2. The minimum absolute atomic E-state index is 0.0742. The zero-order chi connectivity index (χ0) is 20.6. The first-order chi connectivity index (χ1) is 13.8. The third-order valence-corrected chi connectivity index (χ3v) is 6.96. The molecule has 2 heterocycles. The van der Waals surface area contributed by atoms with Crippen molar-refractivity contribution in [2.75, 3.05) is 0 Å². The number of rotatable bonds is 5. The molecule has 0 saturated carbocycles. The summed E-state index contributed by atoms with van der Waals surface area (Å²) in [5.74, 6) is 0.572. The molecule has 3 N–H and O–H groups in total. The molecule has 2 aromatic heterocycles. The Morgan fingerprint density at radius 3 is 2.59 bits per heavy atom. The van der Waals surface area contributed by atoms with E-state index in [1.165, 1.54) is 6.07 Å². The molecule has 0 fully saturated rings. The molecule has 0 saturated heterocycles. The number of primary sulfonamides is 1. The molecule has 29 heavy (non-hydrogen) atoms. The number of carbonyl (C=O) groups is 1. The molecule has 0 aliphatic heterocycles. The number of aromatic nitrogens is 2. The lowest BCUT2D eigenvalue weighted by Gasteiger charge is -2.07. The molecule has 1 amide bonds. The fourth-order valence-corrected chi connectivity index (χ4v) is 4.84. The fraction of sp³-hybridized carbons (Fsp3) is 0.100. The van der Waals surface area contributed by atoms with Crippen molar-refractivity contribution < 1.29 is 13.2 Å². The Kier molecular flexibility index (Phi) is 4.95. The van der Waals surface area contributed by atoms with Gasteiger partial charge in [0, 0.05) is 16.1 Å². The number of aryl methyl sites for hydroxylation is 1. The lowest BCUT2D eigenvalue weighted by molar-refractivity contribution is 0.0951. The quantitative estimate of drug-likeness (QED) is 0.511. The van der Waals surface area contributed by atoms with E-state index in [1.54, 1.807) is 18.2 Å². The standard InChI is InChI=1S/C20H18N4O3S2/c1-13-23-17-11-14(7-9-18(17)24(13)15-5-3-2-4-6-15)20(25)22-12-16-8-10-19(28-16)29(21,26)27/h2-11H,12H2,1H3,(H,22,25)(H2,21,26,27). The van der Waals surface area contributed by atoms with E-state index in [-0.39, 0.29) is 16.7 Å². The highest BCUT2D eigenvalue weighted by Crippen LogP contribution is 2.23. The summed E-state index contributed by atoms with van der Waals surface area (Å²) in [6, 6.07) is 18.4. The molecule has 0 spiro atoms. The van der Waals surface area contributed by atoms with Crippen molar-refractivity contribution in [3.8, 4) is 5.69 Å². The van der Waals surface area contributed by atoms with Crippen molar-refractivity contribution in [1.29, 1.82) is 0 Å². The van der Waals surface area contributed by atoms with Crippen LogP contribution in [0, 0.1) is 6.92 Å². The number of hydrogen-bond donors (Lipinski definition) is 2. The van der Waals surface area contributed by atoms with Crippen LogP contribution in [0.15, 0.2) is 64.9 Å². The van der Waals surface area contributed by atoms with Gasteiger partial charge in [0.05, 0.1) is 17.6 Å². The highest BCUT2D eigenvalue weighted by Gasteiger charge is 2.14. The fourth-order valence-electron chi connectivity index (χ4n) is 3.12. The summed E-state index contributed by atoms with van der Waals surface area (Å²) in [6.07, 6.45) is 0. The van der Waals surface area contributed by atoms with Gasteiger partial charge in [-0.15, -0.1) is 11.3 Å². The molecule has 4 aromatic rings. The largest absolute Gasteiger partial charge is 0.347 e. The van der Waals surface area contributed by atoms with E-state index >= 15 is 0 Å². The molecule has 2 aromatic carbocycles. The van der Waals surface area contributed by atoms with Crippen molar-refractivity contribution in [1.82, 2.24) is 14.9 Å². The third-order valence-electron chi connectivity index (χ3n) is 4.44. The maximum atomic E-state index is 12.5. The van der Waals surface area contributed by atoms with Crippen LogP contribution in [-0.2, 0) is 16.6 Å². The summed E-state index contributed by atoms with van der Waals surface area (Å²) in [7, 11) is -3.73. The van der Waals surface area contributed by atoms with Gasteiger partial charge < -0.3 is 5.32 Å².